The molecule has 0 spiro atoms. The molecular formula is C22H23N3O4S. The van der Waals surface area contributed by atoms with E-state index in [9.17, 15) is 9.59 Å². The summed E-state index contributed by atoms with van der Waals surface area (Å²) in [4.78, 5) is 23.8. The number of carbonyl (C=O) groups excluding carboxylic acids is 2. The number of ketones is 1. The molecule has 156 valence electrons. The fourth-order valence-electron chi connectivity index (χ4n) is 2.71. The van der Waals surface area contributed by atoms with Crippen LogP contribution in [0.15, 0.2) is 58.2 Å². The van der Waals surface area contributed by atoms with E-state index in [4.69, 9.17) is 9.15 Å². The zero-order valence-corrected chi connectivity index (χ0v) is 17.7. The Labute approximate surface area is 179 Å². The van der Waals surface area contributed by atoms with Gasteiger partial charge in [0.15, 0.2) is 12.4 Å². The lowest BCUT2D eigenvalue weighted by Gasteiger charge is -2.08. The monoisotopic (exact) mass is 425 g/mol. The summed E-state index contributed by atoms with van der Waals surface area (Å²) in [6, 6.07) is 14.7. The van der Waals surface area contributed by atoms with E-state index in [1.807, 2.05) is 31.2 Å². The van der Waals surface area contributed by atoms with Crippen molar-refractivity contribution < 1.29 is 18.7 Å². The predicted octanol–water partition coefficient (Wildman–Crippen LogP) is 4.67. The maximum Gasteiger partial charge on any atom is 0.276 e. The molecule has 1 aromatic heterocycles. The number of benzene rings is 2. The van der Waals surface area contributed by atoms with E-state index in [0.717, 1.165) is 11.3 Å². The number of aromatic nitrogens is 2. The van der Waals surface area contributed by atoms with Crippen molar-refractivity contribution in [1.29, 1.82) is 0 Å². The van der Waals surface area contributed by atoms with Gasteiger partial charge in [-0.2, -0.15) is 0 Å². The number of nitrogens with one attached hydrogen (secondary N) is 1. The topological polar surface area (TPSA) is 94.3 Å². The summed E-state index contributed by atoms with van der Waals surface area (Å²) in [5.41, 5.74) is 2.16. The lowest BCUT2D eigenvalue weighted by molar-refractivity contribution is -0.116. The SMILES string of the molecule is CC(=O)c1ccccc1NC(=O)CCCSc1nnc(COc2cccc(C)c2)o1. The largest absolute Gasteiger partial charge is 0.484 e. The molecule has 0 unspecified atom stereocenters. The van der Waals surface area contributed by atoms with Crippen LogP contribution in [0.3, 0.4) is 0 Å². The summed E-state index contributed by atoms with van der Waals surface area (Å²) < 4.78 is 11.2. The number of thioether (sulfide) groups is 1. The van der Waals surface area contributed by atoms with Crippen molar-refractivity contribution in [1.82, 2.24) is 10.2 Å². The second-order valence-electron chi connectivity index (χ2n) is 6.67. The van der Waals surface area contributed by atoms with Crippen LogP contribution in [0.25, 0.3) is 0 Å². The van der Waals surface area contributed by atoms with Crippen molar-refractivity contribution in [3.8, 4) is 5.75 Å². The van der Waals surface area contributed by atoms with Crippen molar-refractivity contribution >= 4 is 29.1 Å². The molecule has 30 heavy (non-hydrogen) atoms. The van der Waals surface area contributed by atoms with E-state index in [2.05, 4.69) is 15.5 Å². The second-order valence-corrected chi connectivity index (χ2v) is 7.72. The number of para-hydroxylation sites is 1. The van der Waals surface area contributed by atoms with Gasteiger partial charge >= 0.3 is 0 Å². The average Bonchev–Trinajstić information content (AvgIpc) is 3.18. The first-order valence-corrected chi connectivity index (χ1v) is 10.5. The summed E-state index contributed by atoms with van der Waals surface area (Å²) in [6.45, 7) is 3.68. The molecule has 1 N–H and O–H groups in total. The van der Waals surface area contributed by atoms with Crippen molar-refractivity contribution in [3.63, 3.8) is 0 Å². The van der Waals surface area contributed by atoms with Crippen LogP contribution in [-0.4, -0.2) is 27.6 Å². The summed E-state index contributed by atoms with van der Waals surface area (Å²) in [7, 11) is 0. The highest BCUT2D eigenvalue weighted by atomic mass is 32.2. The number of ether oxygens (including phenoxy) is 1. The minimum absolute atomic E-state index is 0.0833. The Kier molecular flexibility index (Phi) is 7.62. The fourth-order valence-corrected chi connectivity index (χ4v) is 3.43. The number of nitrogens with zero attached hydrogens (tertiary/aromatic N) is 2. The number of hydrogen-bond acceptors (Lipinski definition) is 7. The smallest absolute Gasteiger partial charge is 0.276 e. The Morgan fingerprint density at radius 1 is 1.13 bits per heavy atom. The van der Waals surface area contributed by atoms with Crippen molar-refractivity contribution in [3.05, 3.63) is 65.5 Å². The molecular weight excluding hydrogens is 402 g/mol. The molecule has 7 nitrogen and oxygen atoms in total. The summed E-state index contributed by atoms with van der Waals surface area (Å²) >= 11 is 1.39. The number of rotatable bonds is 10. The molecule has 0 aliphatic heterocycles. The lowest BCUT2D eigenvalue weighted by Crippen LogP contribution is -2.13. The molecule has 0 aliphatic carbocycles. The quantitative estimate of drug-likeness (QED) is 0.286. The predicted molar refractivity (Wildman–Crippen MR) is 115 cm³/mol. The Hall–Kier alpha value is -3.13. The van der Waals surface area contributed by atoms with Gasteiger partial charge in [0.2, 0.25) is 5.91 Å². The van der Waals surface area contributed by atoms with Crippen LogP contribution in [-0.2, 0) is 11.4 Å². The molecule has 0 atom stereocenters. The van der Waals surface area contributed by atoms with Gasteiger partial charge in [-0.05, 0) is 50.1 Å². The zero-order valence-electron chi connectivity index (χ0n) is 16.9. The van der Waals surface area contributed by atoms with Gasteiger partial charge in [-0.25, -0.2) is 0 Å². The van der Waals surface area contributed by atoms with Gasteiger partial charge in [0.1, 0.15) is 5.75 Å². The Balaban J connectivity index is 1.39. The van der Waals surface area contributed by atoms with Crippen molar-refractivity contribution in [2.24, 2.45) is 0 Å². The van der Waals surface area contributed by atoms with Gasteiger partial charge in [-0.15, -0.1) is 10.2 Å². The fraction of sp³-hybridized carbons (Fsp3) is 0.273. The van der Waals surface area contributed by atoms with Crippen LogP contribution in [0.1, 0.15) is 41.6 Å². The molecule has 0 saturated heterocycles. The number of hydrogen-bond donors (Lipinski definition) is 1. The first-order chi connectivity index (χ1) is 14.5. The zero-order chi connectivity index (χ0) is 21.3. The molecule has 0 aliphatic rings. The van der Waals surface area contributed by atoms with Crippen LogP contribution in [0.2, 0.25) is 0 Å². The third kappa shape index (κ3) is 6.45. The van der Waals surface area contributed by atoms with E-state index < -0.39 is 0 Å². The molecule has 1 amide bonds. The lowest BCUT2D eigenvalue weighted by atomic mass is 10.1. The molecule has 3 aromatic rings. The van der Waals surface area contributed by atoms with Crippen molar-refractivity contribution in [2.75, 3.05) is 11.1 Å². The highest BCUT2D eigenvalue weighted by molar-refractivity contribution is 7.99. The minimum atomic E-state index is -0.137. The number of carbonyl (C=O) groups is 2. The average molecular weight is 426 g/mol. The van der Waals surface area contributed by atoms with E-state index in [0.29, 0.717) is 41.0 Å². The molecule has 0 saturated carbocycles. The Morgan fingerprint density at radius 2 is 1.97 bits per heavy atom. The van der Waals surface area contributed by atoms with Gasteiger partial charge in [0, 0.05) is 17.7 Å². The second kappa shape index (κ2) is 10.6. The third-order valence-corrected chi connectivity index (χ3v) is 5.06. The standard InChI is InChI=1S/C22H23N3O4S/c1-15-7-5-8-17(13-15)28-14-21-24-25-22(29-21)30-12-6-11-20(27)23-19-10-4-3-9-18(19)16(2)26/h3-5,7-10,13H,6,11-12,14H2,1-2H3,(H,23,27). The number of amides is 1. The summed E-state index contributed by atoms with van der Waals surface area (Å²) in [6.07, 6.45) is 0.965. The van der Waals surface area contributed by atoms with Gasteiger partial charge < -0.3 is 14.5 Å². The number of anilines is 1. The number of Topliss-reactive ketones (excluding diaryl/α,β-unsaturated/α-hetero) is 1. The van der Waals surface area contributed by atoms with Crippen LogP contribution in [0.4, 0.5) is 5.69 Å². The Bertz CT molecular complexity index is 1020. The minimum Gasteiger partial charge on any atom is -0.484 e. The van der Waals surface area contributed by atoms with Crippen molar-refractivity contribution in [2.45, 2.75) is 38.5 Å². The maximum absolute atomic E-state index is 12.1. The van der Waals surface area contributed by atoms with E-state index in [1.54, 1.807) is 24.3 Å². The molecule has 0 fully saturated rings. The van der Waals surface area contributed by atoms with Crippen LogP contribution >= 0.6 is 11.8 Å². The summed E-state index contributed by atoms with van der Waals surface area (Å²) in [5.74, 6) is 1.58. The highest BCUT2D eigenvalue weighted by Gasteiger charge is 2.11. The molecule has 1 heterocycles. The van der Waals surface area contributed by atoms with E-state index >= 15 is 0 Å². The Morgan fingerprint density at radius 3 is 2.77 bits per heavy atom. The first kappa shape index (κ1) is 21.6. The van der Waals surface area contributed by atoms with Crippen LogP contribution in [0, 0.1) is 6.92 Å². The third-order valence-electron chi connectivity index (χ3n) is 4.15. The van der Waals surface area contributed by atoms with Gasteiger partial charge in [-0.3, -0.25) is 9.59 Å². The van der Waals surface area contributed by atoms with Gasteiger partial charge in [0.05, 0.1) is 5.69 Å². The number of aryl methyl sites for hydroxylation is 1. The van der Waals surface area contributed by atoms with E-state index in [1.165, 1.54) is 18.7 Å². The maximum atomic E-state index is 12.1. The highest BCUT2D eigenvalue weighted by Crippen LogP contribution is 2.20. The van der Waals surface area contributed by atoms with Gasteiger partial charge in [0.25, 0.3) is 11.1 Å². The molecule has 3 rings (SSSR count). The van der Waals surface area contributed by atoms with Crippen LogP contribution in [0.5, 0.6) is 5.75 Å². The summed E-state index contributed by atoms with van der Waals surface area (Å²) in [5, 5.41) is 11.2. The van der Waals surface area contributed by atoms with E-state index in [-0.39, 0.29) is 18.3 Å². The van der Waals surface area contributed by atoms with Gasteiger partial charge in [-0.1, -0.05) is 36.0 Å². The first-order valence-electron chi connectivity index (χ1n) is 9.56. The molecule has 8 heteroatoms. The molecule has 0 bridgehead atoms. The van der Waals surface area contributed by atoms with Crippen LogP contribution < -0.4 is 10.1 Å². The molecule has 2 aromatic carbocycles. The normalized spacial score (nSPS) is 10.6. The molecule has 0 radical (unpaired) electrons.